The number of hydrogen-bond donors (Lipinski definition) is 1. The minimum atomic E-state index is -3.32. The molecule has 1 rings (SSSR count). The molecule has 0 aliphatic heterocycles. The summed E-state index contributed by atoms with van der Waals surface area (Å²) >= 11 is 0. The van der Waals surface area contributed by atoms with Gasteiger partial charge < -0.3 is 5.32 Å². The van der Waals surface area contributed by atoms with Gasteiger partial charge in [0.1, 0.15) is 5.88 Å². The van der Waals surface area contributed by atoms with E-state index in [1.165, 1.54) is 0 Å². The molecule has 4 heteroatoms. The van der Waals surface area contributed by atoms with Crippen molar-refractivity contribution in [1.29, 1.82) is 0 Å². The Morgan fingerprint density at radius 1 is 1.24 bits per heavy atom. The van der Waals surface area contributed by atoms with Crippen LogP contribution in [0.3, 0.4) is 0 Å². The van der Waals surface area contributed by atoms with Gasteiger partial charge in [-0.05, 0) is 31.6 Å². The van der Waals surface area contributed by atoms with Gasteiger partial charge in [0.05, 0.1) is 4.90 Å². The second-order valence-corrected chi connectivity index (χ2v) is 6.00. The molecule has 0 aliphatic carbocycles. The molecule has 1 aromatic rings. The SMILES string of the molecule is C=C(C)C(=C)NCS(=O)(=O)c1ccc(C)cc1. The summed E-state index contributed by atoms with van der Waals surface area (Å²) in [5.41, 5.74) is 2.30. The van der Waals surface area contributed by atoms with E-state index >= 15 is 0 Å². The molecule has 0 spiro atoms. The standard InChI is InChI=1S/C13H17NO2S/c1-10(2)12(4)14-9-17(15,16)13-7-5-11(3)6-8-13/h5-8,14H,1,4,9H2,2-3H3. The molecule has 0 unspecified atom stereocenters. The lowest BCUT2D eigenvalue weighted by Crippen LogP contribution is -2.22. The quantitative estimate of drug-likeness (QED) is 0.817. The van der Waals surface area contributed by atoms with Crippen LogP contribution in [0.4, 0.5) is 0 Å². The van der Waals surface area contributed by atoms with Gasteiger partial charge in [-0.25, -0.2) is 8.42 Å². The first-order valence-corrected chi connectivity index (χ1v) is 6.86. The van der Waals surface area contributed by atoms with Crippen molar-refractivity contribution in [2.75, 3.05) is 5.88 Å². The van der Waals surface area contributed by atoms with Crippen LogP contribution in [0.1, 0.15) is 12.5 Å². The Balaban J connectivity index is 2.79. The van der Waals surface area contributed by atoms with Crippen molar-refractivity contribution < 1.29 is 8.42 Å². The van der Waals surface area contributed by atoms with Gasteiger partial charge in [-0.15, -0.1) is 0 Å². The third-order valence-electron chi connectivity index (χ3n) is 2.37. The minimum Gasteiger partial charge on any atom is -0.372 e. The minimum absolute atomic E-state index is 0.165. The zero-order valence-electron chi connectivity index (χ0n) is 10.2. The fourth-order valence-electron chi connectivity index (χ4n) is 1.16. The Bertz CT molecular complexity index is 527. The predicted molar refractivity (Wildman–Crippen MR) is 70.3 cm³/mol. The number of aryl methyl sites for hydroxylation is 1. The average Bonchev–Trinajstić information content (AvgIpc) is 2.26. The molecule has 0 aromatic heterocycles. The van der Waals surface area contributed by atoms with Gasteiger partial charge in [0.25, 0.3) is 0 Å². The fraction of sp³-hybridized carbons (Fsp3) is 0.231. The Labute approximate surface area is 103 Å². The maximum absolute atomic E-state index is 11.9. The smallest absolute Gasteiger partial charge is 0.196 e. The molecule has 1 aromatic carbocycles. The molecule has 0 aliphatic rings. The van der Waals surface area contributed by atoms with Gasteiger partial charge in [-0.1, -0.05) is 30.9 Å². The Kier molecular flexibility index (Phi) is 4.12. The van der Waals surface area contributed by atoms with E-state index in [4.69, 9.17) is 0 Å². The Morgan fingerprint density at radius 3 is 2.24 bits per heavy atom. The third kappa shape index (κ3) is 3.75. The van der Waals surface area contributed by atoms with Gasteiger partial charge in [0.15, 0.2) is 9.84 Å². The molecule has 0 heterocycles. The average molecular weight is 251 g/mol. The molecular formula is C13H17NO2S. The zero-order chi connectivity index (χ0) is 13.1. The van der Waals surface area contributed by atoms with Crippen molar-refractivity contribution in [3.05, 3.63) is 54.3 Å². The maximum Gasteiger partial charge on any atom is 0.196 e. The first-order valence-electron chi connectivity index (χ1n) is 5.21. The van der Waals surface area contributed by atoms with Crippen molar-refractivity contribution in [1.82, 2.24) is 5.32 Å². The molecular weight excluding hydrogens is 234 g/mol. The zero-order valence-corrected chi connectivity index (χ0v) is 11.0. The lowest BCUT2D eigenvalue weighted by atomic mass is 10.2. The molecule has 0 saturated heterocycles. The number of sulfone groups is 1. The Morgan fingerprint density at radius 2 is 1.76 bits per heavy atom. The molecule has 0 bridgehead atoms. The summed E-state index contributed by atoms with van der Waals surface area (Å²) in [4.78, 5) is 0.310. The van der Waals surface area contributed by atoms with E-state index in [9.17, 15) is 8.42 Å². The highest BCUT2D eigenvalue weighted by Crippen LogP contribution is 2.12. The van der Waals surface area contributed by atoms with Crippen molar-refractivity contribution in [2.24, 2.45) is 0 Å². The monoisotopic (exact) mass is 251 g/mol. The van der Waals surface area contributed by atoms with Crippen LogP contribution in [0.15, 0.2) is 53.6 Å². The number of rotatable bonds is 5. The van der Waals surface area contributed by atoms with Crippen LogP contribution in [-0.2, 0) is 9.84 Å². The largest absolute Gasteiger partial charge is 0.372 e. The van der Waals surface area contributed by atoms with Crippen molar-refractivity contribution in [3.63, 3.8) is 0 Å². The van der Waals surface area contributed by atoms with Crippen molar-refractivity contribution in [3.8, 4) is 0 Å². The highest BCUT2D eigenvalue weighted by molar-refractivity contribution is 7.91. The predicted octanol–water partition coefficient (Wildman–Crippen LogP) is 2.41. The summed E-state index contributed by atoms with van der Waals surface area (Å²) in [6.07, 6.45) is 0. The Hall–Kier alpha value is -1.55. The van der Waals surface area contributed by atoms with Crippen LogP contribution in [0.2, 0.25) is 0 Å². The lowest BCUT2D eigenvalue weighted by Gasteiger charge is -2.10. The molecule has 0 saturated carbocycles. The topological polar surface area (TPSA) is 46.2 Å². The third-order valence-corrected chi connectivity index (χ3v) is 3.89. The van der Waals surface area contributed by atoms with Crippen LogP contribution in [-0.4, -0.2) is 14.3 Å². The van der Waals surface area contributed by atoms with Gasteiger partial charge in [-0.3, -0.25) is 0 Å². The van der Waals surface area contributed by atoms with Gasteiger partial charge in [-0.2, -0.15) is 0 Å². The number of allylic oxidation sites excluding steroid dienone is 1. The highest BCUT2D eigenvalue weighted by Gasteiger charge is 2.13. The molecule has 0 radical (unpaired) electrons. The second-order valence-electron chi connectivity index (χ2n) is 4.01. The molecule has 3 nitrogen and oxygen atoms in total. The van der Waals surface area contributed by atoms with E-state index in [-0.39, 0.29) is 5.88 Å². The lowest BCUT2D eigenvalue weighted by molar-refractivity contribution is 0.592. The second kappa shape index (κ2) is 5.19. The molecule has 0 amide bonds. The number of hydrogen-bond acceptors (Lipinski definition) is 3. The van der Waals surface area contributed by atoms with Gasteiger partial charge in [0.2, 0.25) is 0 Å². The van der Waals surface area contributed by atoms with E-state index in [2.05, 4.69) is 18.5 Å². The van der Waals surface area contributed by atoms with E-state index < -0.39 is 9.84 Å². The van der Waals surface area contributed by atoms with Crippen molar-refractivity contribution in [2.45, 2.75) is 18.7 Å². The number of nitrogens with one attached hydrogen (secondary N) is 1. The summed E-state index contributed by atoms with van der Waals surface area (Å²) in [6, 6.07) is 6.77. The van der Waals surface area contributed by atoms with Crippen LogP contribution >= 0.6 is 0 Å². The first-order chi connectivity index (χ1) is 7.83. The molecule has 17 heavy (non-hydrogen) atoms. The fourth-order valence-corrected chi connectivity index (χ4v) is 2.24. The molecule has 0 fully saturated rings. The van der Waals surface area contributed by atoms with Crippen molar-refractivity contribution >= 4 is 9.84 Å². The van der Waals surface area contributed by atoms with E-state index in [0.717, 1.165) is 11.1 Å². The normalized spacial score (nSPS) is 10.9. The van der Waals surface area contributed by atoms with Crippen LogP contribution in [0, 0.1) is 6.92 Å². The maximum atomic E-state index is 11.9. The van der Waals surface area contributed by atoms with Crippen LogP contribution in [0.5, 0.6) is 0 Å². The van der Waals surface area contributed by atoms with Crippen LogP contribution < -0.4 is 5.32 Å². The summed E-state index contributed by atoms with van der Waals surface area (Å²) in [6.45, 7) is 11.1. The number of benzene rings is 1. The van der Waals surface area contributed by atoms with Gasteiger partial charge >= 0.3 is 0 Å². The van der Waals surface area contributed by atoms with Crippen LogP contribution in [0.25, 0.3) is 0 Å². The summed E-state index contributed by atoms with van der Waals surface area (Å²) < 4.78 is 23.9. The van der Waals surface area contributed by atoms with E-state index in [0.29, 0.717) is 10.6 Å². The molecule has 0 atom stereocenters. The van der Waals surface area contributed by atoms with Gasteiger partial charge in [0, 0.05) is 5.70 Å². The highest BCUT2D eigenvalue weighted by atomic mass is 32.2. The summed E-state index contributed by atoms with van der Waals surface area (Å²) in [7, 11) is -3.32. The summed E-state index contributed by atoms with van der Waals surface area (Å²) in [5.74, 6) is -0.165. The summed E-state index contributed by atoms with van der Waals surface area (Å²) in [5, 5.41) is 2.75. The molecule has 1 N–H and O–H groups in total. The van der Waals surface area contributed by atoms with E-state index in [1.54, 1.807) is 31.2 Å². The molecule has 92 valence electrons. The first kappa shape index (κ1) is 13.5. The van der Waals surface area contributed by atoms with E-state index in [1.807, 2.05) is 6.92 Å².